The van der Waals surface area contributed by atoms with Crippen LogP contribution >= 0.6 is 11.8 Å². The molecular formula is C16H21NO2S. The van der Waals surface area contributed by atoms with Gasteiger partial charge in [-0.2, -0.15) is 11.8 Å². The van der Waals surface area contributed by atoms with Gasteiger partial charge in [-0.3, -0.25) is 4.79 Å². The second-order valence-electron chi connectivity index (χ2n) is 4.54. The van der Waals surface area contributed by atoms with Gasteiger partial charge in [-0.25, -0.2) is 0 Å². The van der Waals surface area contributed by atoms with Crippen molar-refractivity contribution in [1.82, 2.24) is 5.32 Å². The lowest BCUT2D eigenvalue weighted by Crippen LogP contribution is -2.34. The fraction of sp³-hybridized carbons (Fsp3) is 0.438. The summed E-state index contributed by atoms with van der Waals surface area (Å²) in [6.07, 6.45) is 0. The highest BCUT2D eigenvalue weighted by Crippen LogP contribution is 2.11. The zero-order valence-corrected chi connectivity index (χ0v) is 13.0. The van der Waals surface area contributed by atoms with E-state index in [-0.39, 0.29) is 18.6 Å². The van der Waals surface area contributed by atoms with Crippen molar-refractivity contribution in [2.45, 2.75) is 26.8 Å². The summed E-state index contributed by atoms with van der Waals surface area (Å²) in [4.78, 5) is 12.3. The van der Waals surface area contributed by atoms with Crippen molar-refractivity contribution in [2.75, 3.05) is 18.1 Å². The summed E-state index contributed by atoms with van der Waals surface area (Å²) in [6.45, 7) is 5.83. The van der Waals surface area contributed by atoms with E-state index in [1.165, 1.54) is 0 Å². The summed E-state index contributed by atoms with van der Waals surface area (Å²) < 4.78 is 0. The van der Waals surface area contributed by atoms with Crippen LogP contribution in [0.5, 0.6) is 0 Å². The smallest absolute Gasteiger partial charge is 0.252 e. The number of nitrogens with one attached hydrogen (secondary N) is 1. The number of rotatable bonds is 5. The Bertz CT molecular complexity index is 517. The monoisotopic (exact) mass is 291 g/mol. The molecule has 0 aliphatic carbocycles. The highest BCUT2D eigenvalue weighted by atomic mass is 32.2. The molecule has 1 rings (SSSR count). The number of aliphatic hydroxyl groups excluding tert-OH is 1. The van der Waals surface area contributed by atoms with Crippen LogP contribution in [0, 0.1) is 18.8 Å². The van der Waals surface area contributed by atoms with Gasteiger partial charge in [-0.05, 0) is 37.3 Å². The van der Waals surface area contributed by atoms with Crippen molar-refractivity contribution >= 4 is 17.7 Å². The van der Waals surface area contributed by atoms with Crippen LogP contribution in [0.15, 0.2) is 18.2 Å². The predicted molar refractivity (Wildman–Crippen MR) is 85.1 cm³/mol. The SMILES string of the molecule is CCSCC(C)NC(=O)c1ccc(C)cc1C#CCO. The van der Waals surface area contributed by atoms with Crippen LogP contribution in [-0.2, 0) is 0 Å². The minimum atomic E-state index is -0.210. The Balaban J connectivity index is 2.86. The molecule has 0 aliphatic rings. The quantitative estimate of drug-likeness (QED) is 0.818. The van der Waals surface area contributed by atoms with E-state index in [1.54, 1.807) is 17.8 Å². The Labute approximate surface area is 125 Å². The molecular weight excluding hydrogens is 270 g/mol. The van der Waals surface area contributed by atoms with E-state index >= 15 is 0 Å². The zero-order chi connectivity index (χ0) is 15.0. The molecule has 0 radical (unpaired) electrons. The summed E-state index contributed by atoms with van der Waals surface area (Å²) in [5.41, 5.74) is 2.26. The lowest BCUT2D eigenvalue weighted by Gasteiger charge is -2.14. The number of carbonyl (C=O) groups excluding carboxylic acids is 1. The number of hydrogen-bond donors (Lipinski definition) is 2. The first-order valence-corrected chi connectivity index (χ1v) is 7.83. The van der Waals surface area contributed by atoms with E-state index in [1.807, 2.05) is 26.0 Å². The first kappa shape index (κ1) is 16.6. The normalized spacial score (nSPS) is 11.4. The summed E-state index contributed by atoms with van der Waals surface area (Å²) in [5.74, 6) is 7.25. The molecule has 0 saturated carbocycles. The largest absolute Gasteiger partial charge is 0.384 e. The zero-order valence-electron chi connectivity index (χ0n) is 12.2. The van der Waals surface area contributed by atoms with Gasteiger partial charge in [0, 0.05) is 17.4 Å². The van der Waals surface area contributed by atoms with E-state index in [9.17, 15) is 4.79 Å². The molecule has 0 heterocycles. The van der Waals surface area contributed by atoms with Crippen molar-refractivity contribution in [1.29, 1.82) is 0 Å². The maximum Gasteiger partial charge on any atom is 0.252 e. The molecule has 108 valence electrons. The first-order chi connectivity index (χ1) is 9.58. The first-order valence-electron chi connectivity index (χ1n) is 6.67. The van der Waals surface area contributed by atoms with Crippen molar-refractivity contribution in [3.63, 3.8) is 0 Å². The van der Waals surface area contributed by atoms with Crippen LogP contribution in [0.4, 0.5) is 0 Å². The van der Waals surface area contributed by atoms with Crippen molar-refractivity contribution in [2.24, 2.45) is 0 Å². The number of aryl methyl sites for hydroxylation is 1. The second-order valence-corrected chi connectivity index (χ2v) is 5.86. The van der Waals surface area contributed by atoms with E-state index in [0.717, 1.165) is 17.1 Å². The maximum absolute atomic E-state index is 12.3. The van der Waals surface area contributed by atoms with Crippen LogP contribution in [-0.4, -0.2) is 35.2 Å². The van der Waals surface area contributed by atoms with E-state index < -0.39 is 0 Å². The van der Waals surface area contributed by atoms with Crippen LogP contribution in [0.25, 0.3) is 0 Å². The predicted octanol–water partition coefficient (Wildman–Crippen LogP) is 2.21. The van der Waals surface area contributed by atoms with E-state index in [4.69, 9.17) is 5.11 Å². The number of carbonyl (C=O) groups is 1. The van der Waals surface area contributed by atoms with Crippen molar-refractivity contribution in [3.05, 3.63) is 34.9 Å². The molecule has 1 amide bonds. The van der Waals surface area contributed by atoms with E-state index in [0.29, 0.717) is 11.1 Å². The van der Waals surface area contributed by atoms with E-state index in [2.05, 4.69) is 24.1 Å². The van der Waals surface area contributed by atoms with Crippen LogP contribution in [0.3, 0.4) is 0 Å². The standard InChI is InChI=1S/C16H21NO2S/c1-4-20-11-13(3)17-16(19)15-8-7-12(2)10-14(15)6-5-9-18/h7-8,10,13,18H,4,9,11H2,1-3H3,(H,17,19). The fourth-order valence-corrected chi connectivity index (χ4v) is 2.40. The van der Waals surface area contributed by atoms with Gasteiger partial charge in [0.1, 0.15) is 6.61 Å². The number of thioether (sulfide) groups is 1. The Morgan fingerprint density at radius 3 is 2.90 bits per heavy atom. The molecule has 1 unspecified atom stereocenters. The van der Waals surface area contributed by atoms with Crippen molar-refractivity contribution < 1.29 is 9.90 Å². The Morgan fingerprint density at radius 1 is 1.50 bits per heavy atom. The van der Waals surface area contributed by atoms with Crippen LogP contribution in [0.2, 0.25) is 0 Å². The molecule has 0 spiro atoms. The lowest BCUT2D eigenvalue weighted by molar-refractivity contribution is 0.0943. The molecule has 2 N–H and O–H groups in total. The molecule has 0 aromatic heterocycles. The van der Waals surface area contributed by atoms with Gasteiger partial charge in [0.2, 0.25) is 0 Å². The minimum absolute atomic E-state index is 0.114. The third-order valence-electron chi connectivity index (χ3n) is 2.67. The number of amides is 1. The topological polar surface area (TPSA) is 49.3 Å². The highest BCUT2D eigenvalue weighted by Gasteiger charge is 2.13. The molecule has 20 heavy (non-hydrogen) atoms. The number of hydrogen-bond acceptors (Lipinski definition) is 3. The van der Waals surface area contributed by atoms with Crippen LogP contribution in [0.1, 0.15) is 35.3 Å². The molecule has 3 nitrogen and oxygen atoms in total. The molecule has 0 saturated heterocycles. The number of benzene rings is 1. The van der Waals surface area contributed by atoms with Gasteiger partial charge in [-0.15, -0.1) is 0 Å². The lowest BCUT2D eigenvalue weighted by atomic mass is 10.0. The average Bonchev–Trinajstić information content (AvgIpc) is 2.42. The molecule has 1 aromatic carbocycles. The van der Waals surface area contributed by atoms with Gasteiger partial charge in [0.25, 0.3) is 5.91 Å². The van der Waals surface area contributed by atoms with Gasteiger partial charge < -0.3 is 10.4 Å². The maximum atomic E-state index is 12.3. The van der Waals surface area contributed by atoms with Crippen molar-refractivity contribution in [3.8, 4) is 11.8 Å². The Kier molecular flexibility index (Phi) is 7.21. The van der Waals surface area contributed by atoms with Gasteiger partial charge in [-0.1, -0.05) is 24.8 Å². The summed E-state index contributed by atoms with van der Waals surface area (Å²) in [7, 11) is 0. The van der Waals surface area contributed by atoms with Gasteiger partial charge in [0.05, 0.1) is 5.56 Å². The Morgan fingerprint density at radius 2 is 2.25 bits per heavy atom. The minimum Gasteiger partial charge on any atom is -0.384 e. The molecule has 1 aromatic rings. The molecule has 4 heteroatoms. The van der Waals surface area contributed by atoms with Crippen LogP contribution < -0.4 is 5.32 Å². The molecule has 0 fully saturated rings. The number of aliphatic hydroxyl groups is 1. The van der Waals surface area contributed by atoms with Gasteiger partial charge >= 0.3 is 0 Å². The van der Waals surface area contributed by atoms with Gasteiger partial charge in [0.15, 0.2) is 0 Å². The molecule has 0 bridgehead atoms. The summed E-state index contributed by atoms with van der Waals surface area (Å²) >= 11 is 1.80. The molecule has 0 aliphatic heterocycles. The second kappa shape index (κ2) is 8.68. The summed E-state index contributed by atoms with van der Waals surface area (Å²) in [5, 5.41) is 11.8. The summed E-state index contributed by atoms with van der Waals surface area (Å²) in [6, 6.07) is 5.66. The average molecular weight is 291 g/mol. The fourth-order valence-electron chi connectivity index (χ4n) is 1.73. The molecule has 1 atom stereocenters. The third-order valence-corrected chi connectivity index (χ3v) is 3.82. The highest BCUT2D eigenvalue weighted by molar-refractivity contribution is 7.99. The third kappa shape index (κ3) is 5.28. The Hall–Kier alpha value is -1.44.